The largest absolute Gasteiger partial charge is 0.497 e. The highest BCUT2D eigenvalue weighted by Gasteiger charge is 2.12. The lowest BCUT2D eigenvalue weighted by molar-refractivity contribution is -0.119. The molecule has 0 aromatic heterocycles. The monoisotopic (exact) mass is 486 g/mol. The molecule has 0 heterocycles. The third kappa shape index (κ3) is 7.21. The molecule has 176 valence electrons. The fraction of sp³-hybridized carbons (Fsp3) is 0.125. The predicted molar refractivity (Wildman–Crippen MR) is 124 cm³/mol. The van der Waals surface area contributed by atoms with Crippen molar-refractivity contribution in [2.75, 3.05) is 31.0 Å². The van der Waals surface area contributed by atoms with E-state index in [1.165, 1.54) is 37.4 Å². The number of hydrogen-bond donors (Lipinski definition) is 2. The number of anilines is 2. The van der Waals surface area contributed by atoms with E-state index in [9.17, 15) is 18.8 Å². The molecule has 0 bridgehead atoms. The molecule has 0 spiro atoms. The average Bonchev–Trinajstić information content (AvgIpc) is 2.83. The van der Waals surface area contributed by atoms with Gasteiger partial charge in [0.25, 0.3) is 11.8 Å². The van der Waals surface area contributed by atoms with Crippen LogP contribution in [0.5, 0.6) is 11.5 Å². The standard InChI is InChI=1S/C24H20ClFN2O6/c1-32-19-4-2-3-17(12-19)27-22(29)13-33-18-8-5-15(6-9-18)24(31)34-14-23(30)28-21-10-7-16(26)11-20(21)25/h2-12H,13-14H2,1H3,(H,27,29)(H,28,30). The maximum absolute atomic E-state index is 13.1. The van der Waals surface area contributed by atoms with E-state index in [4.69, 9.17) is 25.8 Å². The van der Waals surface area contributed by atoms with Crippen LogP contribution in [0.4, 0.5) is 15.8 Å². The van der Waals surface area contributed by atoms with E-state index in [-0.39, 0.29) is 28.8 Å². The number of benzene rings is 3. The maximum Gasteiger partial charge on any atom is 0.338 e. The van der Waals surface area contributed by atoms with Crippen molar-refractivity contribution in [1.82, 2.24) is 0 Å². The fourth-order valence-corrected chi connectivity index (χ4v) is 2.94. The molecular formula is C24H20ClFN2O6. The van der Waals surface area contributed by atoms with Crippen LogP contribution in [-0.2, 0) is 14.3 Å². The molecule has 0 aliphatic heterocycles. The first-order valence-electron chi connectivity index (χ1n) is 9.93. The van der Waals surface area contributed by atoms with Crippen LogP contribution >= 0.6 is 11.6 Å². The number of halogens is 2. The first kappa shape index (κ1) is 24.5. The number of amides is 2. The minimum Gasteiger partial charge on any atom is -0.497 e. The van der Waals surface area contributed by atoms with Crippen LogP contribution in [0.3, 0.4) is 0 Å². The molecule has 2 N–H and O–H groups in total. The van der Waals surface area contributed by atoms with Gasteiger partial charge in [-0.15, -0.1) is 0 Å². The highest BCUT2D eigenvalue weighted by molar-refractivity contribution is 6.33. The Kier molecular flexibility index (Phi) is 8.42. The molecule has 0 saturated heterocycles. The number of rotatable bonds is 9. The SMILES string of the molecule is COc1cccc(NC(=O)COc2ccc(C(=O)OCC(=O)Nc3ccc(F)cc3Cl)cc2)c1. The third-order valence-corrected chi connectivity index (χ3v) is 4.67. The van der Waals surface area contributed by atoms with Crippen molar-refractivity contribution in [2.45, 2.75) is 0 Å². The van der Waals surface area contributed by atoms with Gasteiger partial charge in [-0.1, -0.05) is 17.7 Å². The molecule has 0 aliphatic rings. The summed E-state index contributed by atoms with van der Waals surface area (Å²) in [4.78, 5) is 36.2. The number of carbonyl (C=O) groups is 3. The summed E-state index contributed by atoms with van der Waals surface area (Å²) in [7, 11) is 1.53. The summed E-state index contributed by atoms with van der Waals surface area (Å²) in [6.07, 6.45) is 0. The van der Waals surface area contributed by atoms with Gasteiger partial charge in [-0.2, -0.15) is 0 Å². The van der Waals surface area contributed by atoms with Crippen LogP contribution in [0.1, 0.15) is 10.4 Å². The van der Waals surface area contributed by atoms with Gasteiger partial charge in [0, 0.05) is 11.8 Å². The Hall–Kier alpha value is -4.11. The summed E-state index contributed by atoms with van der Waals surface area (Å²) in [5.74, 6) is -1.31. The molecule has 3 rings (SSSR count). The molecule has 0 unspecified atom stereocenters. The third-order valence-electron chi connectivity index (χ3n) is 4.35. The lowest BCUT2D eigenvalue weighted by Crippen LogP contribution is -2.21. The predicted octanol–water partition coefficient (Wildman–Crippen LogP) is 4.30. The zero-order chi connectivity index (χ0) is 24.5. The van der Waals surface area contributed by atoms with Crippen molar-refractivity contribution in [2.24, 2.45) is 0 Å². The molecule has 10 heteroatoms. The second-order valence-corrected chi connectivity index (χ2v) is 7.25. The Morgan fingerprint density at radius 1 is 0.882 bits per heavy atom. The molecule has 8 nitrogen and oxygen atoms in total. The number of ether oxygens (including phenoxy) is 3. The van der Waals surface area contributed by atoms with Crippen LogP contribution in [-0.4, -0.2) is 38.1 Å². The van der Waals surface area contributed by atoms with Crippen molar-refractivity contribution in [3.8, 4) is 11.5 Å². The van der Waals surface area contributed by atoms with Gasteiger partial charge in [0.1, 0.15) is 17.3 Å². The molecule has 2 amide bonds. The molecule has 0 saturated carbocycles. The van der Waals surface area contributed by atoms with Gasteiger partial charge in [0.15, 0.2) is 13.2 Å². The van der Waals surface area contributed by atoms with Gasteiger partial charge >= 0.3 is 5.97 Å². The first-order chi connectivity index (χ1) is 16.3. The minimum absolute atomic E-state index is 0.0208. The molecule has 3 aromatic carbocycles. The summed E-state index contributed by atoms with van der Waals surface area (Å²) in [5.41, 5.74) is 0.943. The van der Waals surface area contributed by atoms with Crippen molar-refractivity contribution in [3.05, 3.63) is 83.1 Å². The second-order valence-electron chi connectivity index (χ2n) is 6.84. The van der Waals surface area contributed by atoms with Crippen molar-refractivity contribution in [1.29, 1.82) is 0 Å². The first-order valence-corrected chi connectivity index (χ1v) is 10.3. The highest BCUT2D eigenvalue weighted by atomic mass is 35.5. The Bertz CT molecular complexity index is 1190. The van der Waals surface area contributed by atoms with Crippen molar-refractivity contribution < 1.29 is 33.0 Å². The zero-order valence-corrected chi connectivity index (χ0v) is 18.7. The van der Waals surface area contributed by atoms with Crippen LogP contribution in [0.2, 0.25) is 5.02 Å². The highest BCUT2D eigenvalue weighted by Crippen LogP contribution is 2.22. The Morgan fingerprint density at radius 2 is 1.62 bits per heavy atom. The Balaban J connectivity index is 1.44. The van der Waals surface area contributed by atoms with E-state index in [2.05, 4.69) is 10.6 Å². The summed E-state index contributed by atoms with van der Waals surface area (Å²) >= 11 is 5.84. The Morgan fingerprint density at radius 3 is 2.32 bits per heavy atom. The number of esters is 1. The Labute approximate surface area is 199 Å². The van der Waals surface area contributed by atoms with Gasteiger partial charge in [0.05, 0.1) is 23.4 Å². The minimum atomic E-state index is -0.734. The number of hydrogen-bond acceptors (Lipinski definition) is 6. The number of nitrogens with one attached hydrogen (secondary N) is 2. The van der Waals surface area contributed by atoms with E-state index in [1.54, 1.807) is 24.3 Å². The lowest BCUT2D eigenvalue weighted by Gasteiger charge is -2.10. The maximum atomic E-state index is 13.1. The second kappa shape index (κ2) is 11.7. The zero-order valence-electron chi connectivity index (χ0n) is 18.0. The van der Waals surface area contributed by atoms with E-state index in [0.717, 1.165) is 12.1 Å². The van der Waals surface area contributed by atoms with Crippen LogP contribution < -0.4 is 20.1 Å². The van der Waals surface area contributed by atoms with E-state index >= 15 is 0 Å². The van der Waals surface area contributed by atoms with E-state index < -0.39 is 24.3 Å². The molecule has 0 fully saturated rings. The normalized spacial score (nSPS) is 10.2. The van der Waals surface area contributed by atoms with Gasteiger partial charge in [-0.05, 0) is 54.6 Å². The molecule has 34 heavy (non-hydrogen) atoms. The number of carbonyl (C=O) groups excluding carboxylic acids is 3. The van der Waals surface area contributed by atoms with Crippen molar-refractivity contribution in [3.63, 3.8) is 0 Å². The molecular weight excluding hydrogens is 467 g/mol. The summed E-state index contributed by atoms with van der Waals surface area (Å²) < 4.78 is 28.5. The van der Waals surface area contributed by atoms with Gasteiger partial charge in [-0.3, -0.25) is 9.59 Å². The van der Waals surface area contributed by atoms with E-state index in [1.807, 2.05) is 0 Å². The fourth-order valence-electron chi connectivity index (χ4n) is 2.73. The summed E-state index contributed by atoms with van der Waals surface area (Å²) in [6, 6.07) is 16.2. The van der Waals surface area contributed by atoms with E-state index in [0.29, 0.717) is 17.2 Å². The quantitative estimate of drug-likeness (QED) is 0.437. The molecule has 0 radical (unpaired) electrons. The molecule has 3 aromatic rings. The smallest absolute Gasteiger partial charge is 0.338 e. The van der Waals surface area contributed by atoms with Gasteiger partial charge in [0.2, 0.25) is 0 Å². The molecule has 0 aliphatic carbocycles. The number of methoxy groups -OCH3 is 1. The van der Waals surface area contributed by atoms with Gasteiger partial charge < -0.3 is 24.8 Å². The van der Waals surface area contributed by atoms with Crippen LogP contribution in [0.25, 0.3) is 0 Å². The van der Waals surface area contributed by atoms with Crippen LogP contribution in [0, 0.1) is 5.82 Å². The average molecular weight is 487 g/mol. The lowest BCUT2D eigenvalue weighted by atomic mass is 10.2. The van der Waals surface area contributed by atoms with Gasteiger partial charge in [-0.25, -0.2) is 9.18 Å². The summed E-state index contributed by atoms with van der Waals surface area (Å²) in [6.45, 7) is -0.803. The van der Waals surface area contributed by atoms with Crippen LogP contribution in [0.15, 0.2) is 66.7 Å². The summed E-state index contributed by atoms with van der Waals surface area (Å²) in [5, 5.41) is 5.13. The molecule has 0 atom stereocenters. The topological polar surface area (TPSA) is 103 Å². The van der Waals surface area contributed by atoms with Crippen molar-refractivity contribution >= 4 is 40.8 Å².